The number of rotatable bonds is 2. The van der Waals surface area contributed by atoms with Gasteiger partial charge in [-0.3, -0.25) is 0 Å². The molecule has 0 amide bonds. The topological polar surface area (TPSA) is 78.1 Å². The molecule has 2 aromatic heterocycles. The Balaban J connectivity index is 2.12. The Kier molecular flexibility index (Phi) is 3.16. The van der Waals surface area contributed by atoms with Crippen LogP contribution in [0.2, 0.25) is 10.0 Å². The Bertz CT molecular complexity index is 780. The summed E-state index contributed by atoms with van der Waals surface area (Å²) in [7, 11) is 0. The van der Waals surface area contributed by atoms with E-state index in [1.54, 1.807) is 24.5 Å². The van der Waals surface area contributed by atoms with Crippen LogP contribution in [-0.2, 0) is 0 Å². The van der Waals surface area contributed by atoms with E-state index in [1.165, 1.54) is 0 Å². The molecular formula is C13H9Cl2N3O2. The number of aromatic nitrogens is 2. The summed E-state index contributed by atoms with van der Waals surface area (Å²) in [5, 5.41) is 4.68. The van der Waals surface area contributed by atoms with Crippen molar-refractivity contribution in [3.8, 4) is 22.8 Å². The molecule has 0 spiro atoms. The molecule has 2 heterocycles. The van der Waals surface area contributed by atoms with Crippen LogP contribution in [0.3, 0.4) is 0 Å². The molecule has 3 rings (SSSR count). The quantitative estimate of drug-likeness (QED) is 0.718. The van der Waals surface area contributed by atoms with Crippen LogP contribution in [0.4, 0.5) is 5.69 Å². The van der Waals surface area contributed by atoms with Gasteiger partial charge in [0.2, 0.25) is 5.82 Å². The normalized spacial score (nSPS) is 10.9. The predicted octanol–water partition coefficient (Wildman–Crippen LogP) is 4.19. The zero-order valence-corrected chi connectivity index (χ0v) is 11.9. The third kappa shape index (κ3) is 2.05. The SMILES string of the molecule is Cc1occc1-c1noc(-c2c(Cl)ccc(Cl)c2N)n1. The number of hydrogen-bond acceptors (Lipinski definition) is 5. The highest BCUT2D eigenvalue weighted by Gasteiger charge is 2.19. The lowest BCUT2D eigenvalue weighted by molar-refractivity contribution is 0.432. The largest absolute Gasteiger partial charge is 0.469 e. The molecule has 0 aliphatic heterocycles. The Hall–Kier alpha value is -1.98. The molecule has 0 bridgehead atoms. The molecule has 0 unspecified atom stereocenters. The van der Waals surface area contributed by atoms with Gasteiger partial charge in [0.15, 0.2) is 0 Å². The van der Waals surface area contributed by atoms with Crippen LogP contribution >= 0.6 is 23.2 Å². The molecule has 1 aromatic carbocycles. The highest BCUT2D eigenvalue weighted by Crippen LogP contribution is 2.37. The smallest absolute Gasteiger partial charge is 0.261 e. The van der Waals surface area contributed by atoms with Crippen LogP contribution in [0.5, 0.6) is 0 Å². The molecule has 0 fully saturated rings. The number of benzene rings is 1. The summed E-state index contributed by atoms with van der Waals surface area (Å²) in [6.45, 7) is 1.81. The lowest BCUT2D eigenvalue weighted by Crippen LogP contribution is -1.92. The van der Waals surface area contributed by atoms with Crippen molar-refractivity contribution in [3.05, 3.63) is 40.3 Å². The molecule has 5 nitrogen and oxygen atoms in total. The van der Waals surface area contributed by atoms with Gasteiger partial charge in [0.05, 0.1) is 33.1 Å². The maximum atomic E-state index is 6.12. The lowest BCUT2D eigenvalue weighted by Gasteiger charge is -2.04. The van der Waals surface area contributed by atoms with Gasteiger partial charge in [-0.25, -0.2) is 0 Å². The molecule has 0 radical (unpaired) electrons. The second kappa shape index (κ2) is 4.85. The monoisotopic (exact) mass is 309 g/mol. The number of anilines is 1. The van der Waals surface area contributed by atoms with Crippen molar-refractivity contribution < 1.29 is 8.94 Å². The Morgan fingerprint density at radius 3 is 2.60 bits per heavy atom. The summed E-state index contributed by atoms with van der Waals surface area (Å²) in [6, 6.07) is 5.00. The van der Waals surface area contributed by atoms with E-state index in [-0.39, 0.29) is 5.89 Å². The summed E-state index contributed by atoms with van der Waals surface area (Å²) in [6.07, 6.45) is 1.56. The van der Waals surface area contributed by atoms with E-state index in [1.807, 2.05) is 6.92 Å². The number of nitrogen functional groups attached to an aromatic ring is 1. The second-order valence-electron chi connectivity index (χ2n) is 4.13. The van der Waals surface area contributed by atoms with E-state index in [4.69, 9.17) is 37.9 Å². The summed E-state index contributed by atoms with van der Waals surface area (Å²) >= 11 is 12.1. The van der Waals surface area contributed by atoms with Gasteiger partial charge in [0, 0.05) is 0 Å². The van der Waals surface area contributed by atoms with E-state index in [9.17, 15) is 0 Å². The van der Waals surface area contributed by atoms with Gasteiger partial charge in [-0.05, 0) is 25.1 Å². The fourth-order valence-electron chi connectivity index (χ4n) is 1.84. The summed E-state index contributed by atoms with van der Waals surface area (Å²) in [5.74, 6) is 1.31. The van der Waals surface area contributed by atoms with Crippen molar-refractivity contribution in [1.29, 1.82) is 0 Å². The van der Waals surface area contributed by atoms with Gasteiger partial charge >= 0.3 is 0 Å². The highest BCUT2D eigenvalue weighted by atomic mass is 35.5. The van der Waals surface area contributed by atoms with Gasteiger partial charge in [0.25, 0.3) is 5.89 Å². The zero-order valence-electron chi connectivity index (χ0n) is 10.4. The fraction of sp³-hybridized carbons (Fsp3) is 0.0769. The number of aryl methyl sites for hydroxylation is 1. The molecule has 0 aliphatic carbocycles. The van der Waals surface area contributed by atoms with Gasteiger partial charge < -0.3 is 14.7 Å². The van der Waals surface area contributed by atoms with E-state index in [0.29, 0.717) is 32.9 Å². The molecule has 0 saturated heterocycles. The maximum absolute atomic E-state index is 6.12. The van der Waals surface area contributed by atoms with Gasteiger partial charge in [-0.1, -0.05) is 28.4 Å². The first-order chi connectivity index (χ1) is 9.58. The van der Waals surface area contributed by atoms with E-state index >= 15 is 0 Å². The first-order valence-electron chi connectivity index (χ1n) is 5.70. The average Bonchev–Trinajstić information content (AvgIpc) is 3.03. The predicted molar refractivity (Wildman–Crippen MR) is 76.6 cm³/mol. The average molecular weight is 310 g/mol. The Morgan fingerprint density at radius 2 is 1.90 bits per heavy atom. The van der Waals surface area contributed by atoms with Crippen LogP contribution in [0.1, 0.15) is 5.76 Å². The summed E-state index contributed by atoms with van der Waals surface area (Å²) in [5.41, 5.74) is 7.39. The molecule has 0 atom stereocenters. The Morgan fingerprint density at radius 1 is 1.15 bits per heavy atom. The minimum absolute atomic E-state index is 0.214. The highest BCUT2D eigenvalue weighted by molar-refractivity contribution is 6.37. The summed E-state index contributed by atoms with van der Waals surface area (Å²) < 4.78 is 10.4. The lowest BCUT2D eigenvalue weighted by atomic mass is 10.2. The zero-order chi connectivity index (χ0) is 14.3. The van der Waals surface area contributed by atoms with Crippen LogP contribution in [0.15, 0.2) is 33.4 Å². The van der Waals surface area contributed by atoms with Gasteiger partial charge in [-0.15, -0.1) is 0 Å². The van der Waals surface area contributed by atoms with Crippen molar-refractivity contribution in [2.24, 2.45) is 0 Å². The molecule has 3 aromatic rings. The molecule has 0 aliphatic rings. The van der Waals surface area contributed by atoms with Crippen molar-refractivity contribution in [3.63, 3.8) is 0 Å². The van der Waals surface area contributed by atoms with Crippen LogP contribution in [-0.4, -0.2) is 10.1 Å². The molecule has 20 heavy (non-hydrogen) atoms. The maximum Gasteiger partial charge on any atom is 0.261 e. The van der Waals surface area contributed by atoms with Crippen LogP contribution in [0.25, 0.3) is 22.8 Å². The molecule has 2 N–H and O–H groups in total. The van der Waals surface area contributed by atoms with E-state index in [2.05, 4.69) is 10.1 Å². The number of nitrogens with two attached hydrogens (primary N) is 1. The molecule has 102 valence electrons. The van der Waals surface area contributed by atoms with Crippen molar-refractivity contribution >= 4 is 28.9 Å². The van der Waals surface area contributed by atoms with Crippen LogP contribution in [0, 0.1) is 6.92 Å². The van der Waals surface area contributed by atoms with E-state index < -0.39 is 0 Å². The third-order valence-corrected chi connectivity index (χ3v) is 3.53. The number of furan rings is 1. The first-order valence-corrected chi connectivity index (χ1v) is 6.45. The molecule has 7 heteroatoms. The minimum Gasteiger partial charge on any atom is -0.469 e. The van der Waals surface area contributed by atoms with E-state index in [0.717, 1.165) is 5.56 Å². The van der Waals surface area contributed by atoms with Crippen molar-refractivity contribution in [2.75, 3.05) is 5.73 Å². The number of nitrogens with zero attached hydrogens (tertiary/aromatic N) is 2. The van der Waals surface area contributed by atoms with Gasteiger partial charge in [-0.2, -0.15) is 4.98 Å². The third-order valence-electron chi connectivity index (χ3n) is 2.88. The number of halogens is 2. The molecule has 0 saturated carbocycles. The van der Waals surface area contributed by atoms with Crippen molar-refractivity contribution in [2.45, 2.75) is 6.92 Å². The Labute approximate surface area is 124 Å². The van der Waals surface area contributed by atoms with Crippen molar-refractivity contribution in [1.82, 2.24) is 10.1 Å². The second-order valence-corrected chi connectivity index (χ2v) is 4.95. The fourth-order valence-corrected chi connectivity index (χ4v) is 2.24. The van der Waals surface area contributed by atoms with Gasteiger partial charge in [0.1, 0.15) is 5.76 Å². The van der Waals surface area contributed by atoms with Crippen LogP contribution < -0.4 is 5.73 Å². The standard InChI is InChI=1S/C13H9Cl2N3O2/c1-6-7(4-5-19-6)12-17-13(20-18-12)10-8(14)2-3-9(15)11(10)16/h2-5H,16H2,1H3. The number of hydrogen-bond donors (Lipinski definition) is 1. The molecular weight excluding hydrogens is 301 g/mol. The first kappa shape index (κ1) is 13.0. The minimum atomic E-state index is 0.214. The summed E-state index contributed by atoms with van der Waals surface area (Å²) in [4.78, 5) is 4.29.